The van der Waals surface area contributed by atoms with Crippen molar-refractivity contribution in [2.24, 2.45) is 11.8 Å². The number of nitrogens with one attached hydrogen (secondary N) is 2. The fourth-order valence-corrected chi connectivity index (χ4v) is 4.67. The van der Waals surface area contributed by atoms with Crippen molar-refractivity contribution in [2.75, 3.05) is 19.6 Å². The van der Waals surface area contributed by atoms with E-state index in [9.17, 15) is 9.59 Å². The summed E-state index contributed by atoms with van der Waals surface area (Å²) in [6.45, 7) is 2.18. The molecule has 0 radical (unpaired) electrons. The molecule has 0 spiro atoms. The minimum absolute atomic E-state index is 0.0329. The van der Waals surface area contributed by atoms with Crippen LogP contribution in [0.4, 0.5) is 4.79 Å². The smallest absolute Gasteiger partial charge is 0.317 e. The fraction of sp³-hybridized carbons (Fsp3) is 0.900. The van der Waals surface area contributed by atoms with Crippen LogP contribution in [-0.2, 0) is 4.79 Å². The maximum Gasteiger partial charge on any atom is 0.317 e. The van der Waals surface area contributed by atoms with Crippen molar-refractivity contribution in [3.63, 3.8) is 0 Å². The van der Waals surface area contributed by atoms with Gasteiger partial charge in [-0.2, -0.15) is 0 Å². The minimum Gasteiger partial charge on any atom is -0.356 e. The van der Waals surface area contributed by atoms with Crippen LogP contribution < -0.4 is 10.6 Å². The summed E-state index contributed by atoms with van der Waals surface area (Å²) >= 11 is 0. The summed E-state index contributed by atoms with van der Waals surface area (Å²) in [5.41, 5.74) is 0. The number of carbonyl (C=O) groups is 2. The first-order valence-corrected chi connectivity index (χ1v) is 10.6. The molecule has 1 heterocycles. The first-order chi connectivity index (χ1) is 12.2. The van der Waals surface area contributed by atoms with Gasteiger partial charge in [-0.3, -0.25) is 4.79 Å². The van der Waals surface area contributed by atoms with Gasteiger partial charge in [0.25, 0.3) is 0 Å². The number of piperidine rings is 1. The Morgan fingerprint density at radius 3 is 2.24 bits per heavy atom. The first-order valence-electron chi connectivity index (χ1n) is 10.6. The molecule has 3 fully saturated rings. The van der Waals surface area contributed by atoms with Crippen LogP contribution in [0.5, 0.6) is 0 Å². The largest absolute Gasteiger partial charge is 0.356 e. The Morgan fingerprint density at radius 1 is 0.840 bits per heavy atom. The molecular formula is C20H35N3O2. The highest BCUT2D eigenvalue weighted by atomic mass is 16.2. The standard InChI is InChI=1S/C20H35N3O2/c24-19(21-14-16-8-3-1-4-9-16)17-10-7-13-23(15-17)20(25)22-18-11-5-2-6-12-18/h16-18H,1-15H2,(H,21,24)(H,22,25)/t17-/m1/s1. The van der Waals surface area contributed by atoms with E-state index in [2.05, 4.69) is 10.6 Å². The SMILES string of the molecule is O=C(NCC1CCCCC1)[C@@H]1CCCN(C(=O)NC2CCCCC2)C1. The fourth-order valence-electron chi connectivity index (χ4n) is 4.67. The van der Waals surface area contributed by atoms with Crippen LogP contribution >= 0.6 is 0 Å². The molecule has 3 amide bonds. The van der Waals surface area contributed by atoms with Crippen LogP contribution in [-0.4, -0.2) is 42.5 Å². The predicted molar refractivity (Wildman–Crippen MR) is 99.3 cm³/mol. The molecule has 5 nitrogen and oxygen atoms in total. The summed E-state index contributed by atoms with van der Waals surface area (Å²) in [6, 6.07) is 0.374. The number of carbonyl (C=O) groups excluding carboxylic acids is 2. The third-order valence-electron chi connectivity index (χ3n) is 6.30. The van der Waals surface area contributed by atoms with Crippen molar-refractivity contribution in [1.29, 1.82) is 0 Å². The van der Waals surface area contributed by atoms with Crippen molar-refractivity contribution >= 4 is 11.9 Å². The van der Waals surface area contributed by atoms with Crippen LogP contribution in [0.25, 0.3) is 0 Å². The van der Waals surface area contributed by atoms with Gasteiger partial charge in [-0.05, 0) is 44.4 Å². The average Bonchev–Trinajstić information content (AvgIpc) is 2.68. The average molecular weight is 350 g/mol. The molecule has 142 valence electrons. The van der Waals surface area contributed by atoms with Gasteiger partial charge in [0, 0.05) is 25.7 Å². The van der Waals surface area contributed by atoms with E-state index in [1.165, 1.54) is 51.4 Å². The van der Waals surface area contributed by atoms with E-state index in [1.54, 1.807) is 0 Å². The molecule has 1 aliphatic heterocycles. The molecule has 0 bridgehead atoms. The Bertz CT molecular complexity index is 442. The van der Waals surface area contributed by atoms with Crippen LogP contribution in [0.15, 0.2) is 0 Å². The minimum atomic E-state index is -0.0329. The number of hydrogen-bond acceptors (Lipinski definition) is 2. The molecule has 2 aliphatic carbocycles. The number of rotatable bonds is 4. The summed E-state index contributed by atoms with van der Waals surface area (Å²) in [5.74, 6) is 0.780. The van der Waals surface area contributed by atoms with Gasteiger partial charge in [0.2, 0.25) is 5.91 Å². The Kier molecular flexibility index (Phi) is 7.00. The Morgan fingerprint density at radius 2 is 1.52 bits per heavy atom. The van der Waals surface area contributed by atoms with E-state index >= 15 is 0 Å². The number of likely N-dealkylation sites (tertiary alicyclic amines) is 1. The highest BCUT2D eigenvalue weighted by Crippen LogP contribution is 2.23. The molecular weight excluding hydrogens is 314 g/mol. The number of nitrogens with zero attached hydrogens (tertiary/aromatic N) is 1. The van der Waals surface area contributed by atoms with Gasteiger partial charge in [-0.15, -0.1) is 0 Å². The van der Waals surface area contributed by atoms with Gasteiger partial charge in [-0.25, -0.2) is 4.79 Å². The summed E-state index contributed by atoms with van der Waals surface area (Å²) in [5, 5.41) is 6.35. The lowest BCUT2D eigenvalue weighted by molar-refractivity contribution is -0.126. The van der Waals surface area contributed by atoms with Crippen LogP contribution in [0, 0.1) is 11.8 Å². The topological polar surface area (TPSA) is 61.4 Å². The molecule has 3 rings (SSSR count). The lowest BCUT2D eigenvalue weighted by Crippen LogP contribution is -2.51. The van der Waals surface area contributed by atoms with Crippen molar-refractivity contribution in [3.8, 4) is 0 Å². The molecule has 25 heavy (non-hydrogen) atoms. The normalized spacial score (nSPS) is 26.2. The lowest BCUT2D eigenvalue weighted by atomic mass is 9.89. The van der Waals surface area contributed by atoms with Gasteiger partial charge >= 0.3 is 6.03 Å². The van der Waals surface area contributed by atoms with Crippen molar-refractivity contribution in [1.82, 2.24) is 15.5 Å². The molecule has 1 atom stereocenters. The highest BCUT2D eigenvalue weighted by Gasteiger charge is 2.29. The predicted octanol–water partition coefficient (Wildman–Crippen LogP) is 3.44. The van der Waals surface area contributed by atoms with Crippen molar-refractivity contribution in [2.45, 2.75) is 83.1 Å². The number of amides is 3. The zero-order chi connectivity index (χ0) is 17.5. The van der Waals surface area contributed by atoms with Crippen LogP contribution in [0.1, 0.15) is 77.0 Å². The molecule has 1 saturated heterocycles. The van der Waals surface area contributed by atoms with Gasteiger partial charge in [0.15, 0.2) is 0 Å². The number of urea groups is 1. The molecule has 0 unspecified atom stereocenters. The van der Waals surface area contributed by atoms with Crippen LogP contribution in [0.2, 0.25) is 0 Å². The summed E-state index contributed by atoms with van der Waals surface area (Å²) in [6.07, 6.45) is 14.2. The van der Waals surface area contributed by atoms with Gasteiger partial charge < -0.3 is 15.5 Å². The molecule has 2 N–H and O–H groups in total. The zero-order valence-corrected chi connectivity index (χ0v) is 15.6. The second-order valence-corrected chi connectivity index (χ2v) is 8.32. The van der Waals surface area contributed by atoms with Gasteiger partial charge in [-0.1, -0.05) is 38.5 Å². The maximum absolute atomic E-state index is 12.5. The third kappa shape index (κ3) is 5.61. The monoisotopic (exact) mass is 349 g/mol. The second-order valence-electron chi connectivity index (χ2n) is 8.32. The Hall–Kier alpha value is -1.26. The van der Waals surface area contributed by atoms with Crippen molar-refractivity contribution in [3.05, 3.63) is 0 Å². The third-order valence-corrected chi connectivity index (χ3v) is 6.30. The second kappa shape index (κ2) is 9.44. The van der Waals surface area contributed by atoms with E-state index in [4.69, 9.17) is 0 Å². The van der Waals surface area contributed by atoms with Gasteiger partial charge in [0.05, 0.1) is 5.92 Å². The quantitative estimate of drug-likeness (QED) is 0.817. The number of hydrogen-bond donors (Lipinski definition) is 2. The summed E-state index contributed by atoms with van der Waals surface area (Å²) in [4.78, 5) is 26.9. The molecule has 0 aromatic rings. The molecule has 0 aromatic carbocycles. The van der Waals surface area contributed by atoms with E-state index in [-0.39, 0.29) is 17.9 Å². The van der Waals surface area contributed by atoms with E-state index in [1.807, 2.05) is 4.90 Å². The summed E-state index contributed by atoms with van der Waals surface area (Å²) in [7, 11) is 0. The van der Waals surface area contributed by atoms with Crippen LogP contribution in [0.3, 0.4) is 0 Å². The first kappa shape index (κ1) is 18.5. The lowest BCUT2D eigenvalue weighted by Gasteiger charge is -2.34. The maximum atomic E-state index is 12.5. The molecule has 0 aromatic heterocycles. The molecule has 3 aliphatic rings. The van der Waals surface area contributed by atoms with Gasteiger partial charge in [0.1, 0.15) is 0 Å². The Labute approximate surface area is 152 Å². The molecule has 2 saturated carbocycles. The van der Waals surface area contributed by atoms with E-state index in [0.29, 0.717) is 18.5 Å². The zero-order valence-electron chi connectivity index (χ0n) is 15.6. The highest BCUT2D eigenvalue weighted by molar-refractivity contribution is 5.80. The van der Waals surface area contributed by atoms with Crippen molar-refractivity contribution < 1.29 is 9.59 Å². The van der Waals surface area contributed by atoms with E-state index in [0.717, 1.165) is 38.8 Å². The molecule has 5 heteroatoms. The van der Waals surface area contributed by atoms with E-state index < -0.39 is 0 Å². The summed E-state index contributed by atoms with van der Waals surface area (Å²) < 4.78 is 0. The Balaban J connectivity index is 1.41.